The van der Waals surface area contributed by atoms with E-state index in [2.05, 4.69) is 4.72 Å². The van der Waals surface area contributed by atoms with Crippen LogP contribution in [-0.2, 0) is 32.6 Å². The highest BCUT2D eigenvalue weighted by Gasteiger charge is 2.47. The number of sulfonamides is 1. The first kappa shape index (κ1) is 27.7. The molecule has 0 bridgehead atoms. The van der Waals surface area contributed by atoms with Crippen molar-refractivity contribution in [2.24, 2.45) is 5.41 Å². The fourth-order valence-electron chi connectivity index (χ4n) is 5.07. The average Bonchev–Trinajstić information content (AvgIpc) is 3.27. The number of rotatable bonds is 9. The van der Waals surface area contributed by atoms with Gasteiger partial charge in [-0.3, -0.25) is 4.79 Å². The van der Waals surface area contributed by atoms with Gasteiger partial charge in [0.15, 0.2) is 11.6 Å². The molecular formula is C28H28F3NO5S. The van der Waals surface area contributed by atoms with Gasteiger partial charge in [-0.05, 0) is 66.6 Å². The number of hydrogen-bond donors (Lipinski definition) is 1. The monoisotopic (exact) mass is 547 g/mol. The van der Waals surface area contributed by atoms with Gasteiger partial charge in [0.05, 0.1) is 24.3 Å². The lowest BCUT2D eigenvalue weighted by atomic mass is 9.79. The second-order valence-electron chi connectivity index (χ2n) is 9.59. The first-order chi connectivity index (χ1) is 18.0. The third-order valence-corrected chi connectivity index (χ3v) is 7.52. The van der Waals surface area contributed by atoms with E-state index in [4.69, 9.17) is 9.47 Å². The summed E-state index contributed by atoms with van der Waals surface area (Å²) in [5.74, 6) is -3.08. The van der Waals surface area contributed by atoms with Crippen LogP contribution in [0.4, 0.5) is 13.2 Å². The van der Waals surface area contributed by atoms with E-state index >= 15 is 8.78 Å². The number of halogens is 3. The van der Waals surface area contributed by atoms with Crippen LogP contribution < -0.4 is 9.46 Å². The largest absolute Gasteiger partial charge is 0.485 e. The minimum Gasteiger partial charge on any atom is -0.485 e. The summed E-state index contributed by atoms with van der Waals surface area (Å²) in [6.45, 7) is -0.0115. The van der Waals surface area contributed by atoms with Crippen molar-refractivity contribution in [2.45, 2.75) is 38.3 Å². The van der Waals surface area contributed by atoms with Gasteiger partial charge in [0.1, 0.15) is 18.2 Å². The quantitative estimate of drug-likeness (QED) is 0.375. The Hall–Kier alpha value is -3.37. The summed E-state index contributed by atoms with van der Waals surface area (Å²) in [6, 6.07) is 14.2. The van der Waals surface area contributed by atoms with E-state index in [1.165, 1.54) is 19.2 Å². The number of hydrogen-bond acceptors (Lipinski definition) is 5. The standard InChI is InChI=1S/C28H28F3NO5S/c1-36-27(33)28(13-12-21(16-28)32-38(2,34)35)15-20-14-19(8-9-22(20)29)25-23(30)10-11-24(31)26(25)37-17-18-6-4-3-5-7-18/h3-11,14,21,32H,12-13,15-17H2,1-2H3/t21-,28+/m0/s1. The molecule has 0 amide bonds. The van der Waals surface area contributed by atoms with Crippen molar-refractivity contribution in [3.05, 3.63) is 89.2 Å². The van der Waals surface area contributed by atoms with Crippen LogP contribution in [0.3, 0.4) is 0 Å². The molecule has 0 unspecified atom stereocenters. The van der Waals surface area contributed by atoms with Gasteiger partial charge in [0.2, 0.25) is 10.0 Å². The Labute approximate surface area is 219 Å². The number of carbonyl (C=O) groups excluding carboxylic acids is 1. The first-order valence-electron chi connectivity index (χ1n) is 12.0. The Bertz CT molecular complexity index is 1430. The maximum Gasteiger partial charge on any atom is 0.312 e. The second kappa shape index (κ2) is 11.2. The van der Waals surface area contributed by atoms with E-state index in [1.807, 2.05) is 6.07 Å². The molecule has 0 aliphatic heterocycles. The van der Waals surface area contributed by atoms with Crippen LogP contribution in [0.1, 0.15) is 30.4 Å². The van der Waals surface area contributed by atoms with Crippen LogP contribution in [-0.4, -0.2) is 33.8 Å². The van der Waals surface area contributed by atoms with Crippen molar-refractivity contribution >= 4 is 16.0 Å². The molecule has 0 saturated heterocycles. The first-order valence-corrected chi connectivity index (χ1v) is 13.9. The van der Waals surface area contributed by atoms with Crippen molar-refractivity contribution in [1.29, 1.82) is 0 Å². The molecule has 1 fully saturated rings. The summed E-state index contributed by atoms with van der Waals surface area (Å²) in [7, 11) is -2.31. The number of benzene rings is 3. The summed E-state index contributed by atoms with van der Waals surface area (Å²) in [4.78, 5) is 12.8. The normalized spacial score (nSPS) is 19.3. The molecule has 1 aliphatic rings. The second-order valence-corrected chi connectivity index (χ2v) is 11.4. The van der Waals surface area contributed by atoms with Crippen LogP contribution in [0.2, 0.25) is 0 Å². The van der Waals surface area contributed by atoms with E-state index in [0.717, 1.165) is 30.0 Å². The van der Waals surface area contributed by atoms with Crippen LogP contribution in [0, 0.1) is 22.9 Å². The summed E-state index contributed by atoms with van der Waals surface area (Å²) < 4.78 is 81.6. The molecule has 0 spiro atoms. The van der Waals surface area contributed by atoms with Gasteiger partial charge in [0, 0.05) is 6.04 Å². The molecule has 6 nitrogen and oxygen atoms in total. The SMILES string of the molecule is COC(=O)[C@@]1(Cc2cc(-c3c(F)ccc(F)c3OCc3ccccc3)ccc2F)CC[C@H](NS(C)(=O)=O)C1. The van der Waals surface area contributed by atoms with Crippen molar-refractivity contribution in [3.63, 3.8) is 0 Å². The minimum absolute atomic E-state index is 0.0115. The Morgan fingerprint density at radius 1 is 1.03 bits per heavy atom. The van der Waals surface area contributed by atoms with Crippen molar-refractivity contribution in [3.8, 4) is 16.9 Å². The molecule has 1 N–H and O–H groups in total. The van der Waals surface area contributed by atoms with Crippen LogP contribution in [0.15, 0.2) is 60.7 Å². The average molecular weight is 548 g/mol. The van der Waals surface area contributed by atoms with Crippen LogP contribution in [0.5, 0.6) is 5.75 Å². The maximum atomic E-state index is 15.1. The molecule has 38 heavy (non-hydrogen) atoms. The number of carbonyl (C=O) groups is 1. The predicted molar refractivity (Wildman–Crippen MR) is 136 cm³/mol. The lowest BCUT2D eigenvalue weighted by molar-refractivity contribution is -0.152. The molecule has 202 valence electrons. The summed E-state index contributed by atoms with van der Waals surface area (Å²) in [5.41, 5.74) is -0.349. The van der Waals surface area contributed by atoms with Crippen molar-refractivity contribution < 1.29 is 35.9 Å². The molecular weight excluding hydrogens is 519 g/mol. The molecule has 3 aromatic carbocycles. The van der Waals surface area contributed by atoms with E-state index in [-0.39, 0.29) is 48.3 Å². The Morgan fingerprint density at radius 3 is 2.39 bits per heavy atom. The van der Waals surface area contributed by atoms with Gasteiger partial charge in [-0.1, -0.05) is 36.4 Å². The zero-order valence-corrected chi connectivity index (χ0v) is 21.8. The smallest absolute Gasteiger partial charge is 0.312 e. The van der Waals surface area contributed by atoms with E-state index in [9.17, 15) is 17.6 Å². The third kappa shape index (κ3) is 6.19. The molecule has 0 heterocycles. The van der Waals surface area contributed by atoms with Gasteiger partial charge in [0.25, 0.3) is 0 Å². The summed E-state index contributed by atoms with van der Waals surface area (Å²) in [6.07, 6.45) is 1.64. The Balaban J connectivity index is 1.69. The fraction of sp³-hybridized carbons (Fsp3) is 0.321. The molecule has 4 rings (SSSR count). The van der Waals surface area contributed by atoms with Crippen LogP contribution >= 0.6 is 0 Å². The number of methoxy groups -OCH3 is 1. The lowest BCUT2D eigenvalue weighted by Gasteiger charge is -2.27. The van der Waals surface area contributed by atoms with Crippen molar-refractivity contribution in [2.75, 3.05) is 13.4 Å². The highest BCUT2D eigenvalue weighted by molar-refractivity contribution is 7.88. The zero-order chi connectivity index (χ0) is 27.5. The number of ether oxygens (including phenoxy) is 2. The Kier molecular flexibility index (Phi) is 8.13. The molecule has 3 aromatic rings. The van der Waals surface area contributed by atoms with Gasteiger partial charge >= 0.3 is 5.97 Å². The molecule has 1 saturated carbocycles. The number of nitrogens with one attached hydrogen (secondary N) is 1. The minimum atomic E-state index is -3.52. The predicted octanol–water partition coefficient (Wildman–Crippen LogP) is 5.15. The lowest BCUT2D eigenvalue weighted by Crippen LogP contribution is -2.37. The highest BCUT2D eigenvalue weighted by Crippen LogP contribution is 2.44. The molecule has 10 heteroatoms. The summed E-state index contributed by atoms with van der Waals surface area (Å²) >= 11 is 0. The third-order valence-electron chi connectivity index (χ3n) is 6.76. The van der Waals surface area contributed by atoms with E-state index < -0.39 is 44.9 Å². The topological polar surface area (TPSA) is 81.7 Å². The number of esters is 1. The zero-order valence-electron chi connectivity index (χ0n) is 21.0. The Morgan fingerprint density at radius 2 is 1.71 bits per heavy atom. The van der Waals surface area contributed by atoms with Crippen LogP contribution in [0.25, 0.3) is 11.1 Å². The molecule has 2 atom stereocenters. The summed E-state index contributed by atoms with van der Waals surface area (Å²) in [5, 5.41) is 0. The molecule has 0 aromatic heterocycles. The fourth-order valence-corrected chi connectivity index (χ4v) is 5.87. The molecule has 1 aliphatic carbocycles. The van der Waals surface area contributed by atoms with E-state index in [1.54, 1.807) is 24.3 Å². The van der Waals surface area contributed by atoms with Crippen molar-refractivity contribution in [1.82, 2.24) is 4.72 Å². The van der Waals surface area contributed by atoms with Gasteiger partial charge in [-0.2, -0.15) is 0 Å². The van der Waals surface area contributed by atoms with Gasteiger partial charge in [-0.15, -0.1) is 0 Å². The van der Waals surface area contributed by atoms with Gasteiger partial charge in [-0.25, -0.2) is 26.3 Å². The highest BCUT2D eigenvalue weighted by atomic mass is 32.2. The molecule has 0 radical (unpaired) electrons. The maximum absolute atomic E-state index is 15.1. The van der Waals surface area contributed by atoms with Gasteiger partial charge < -0.3 is 9.47 Å². The van der Waals surface area contributed by atoms with E-state index in [0.29, 0.717) is 6.42 Å².